The Morgan fingerprint density at radius 1 is 1.50 bits per heavy atom. The first-order chi connectivity index (χ1) is 8.51. The molecule has 0 aliphatic rings. The van der Waals surface area contributed by atoms with Crippen LogP contribution < -0.4 is 10.9 Å². The summed E-state index contributed by atoms with van der Waals surface area (Å²) in [6.07, 6.45) is 1.42. The van der Waals surface area contributed by atoms with Crippen molar-refractivity contribution in [3.8, 4) is 0 Å². The molecule has 1 unspecified atom stereocenters. The highest BCUT2D eigenvalue weighted by Crippen LogP contribution is 2.18. The van der Waals surface area contributed by atoms with Crippen molar-refractivity contribution in [2.75, 3.05) is 18.5 Å². The summed E-state index contributed by atoms with van der Waals surface area (Å²) in [5.74, 6) is 0.186. The standard InChI is InChI=1S/C11H18ClN3O3/c1-7(2)9(6-17)14-8-5-13-15(3-4-16)11(18)10(8)12/h5,7,9,14,16-17H,3-4,6H2,1-2H3. The van der Waals surface area contributed by atoms with Crippen LogP contribution in [0.4, 0.5) is 5.69 Å². The molecule has 0 saturated heterocycles. The quantitative estimate of drug-likeness (QED) is 0.696. The predicted molar refractivity (Wildman–Crippen MR) is 69.9 cm³/mol. The van der Waals surface area contributed by atoms with E-state index in [1.54, 1.807) is 0 Å². The fourth-order valence-electron chi connectivity index (χ4n) is 1.44. The van der Waals surface area contributed by atoms with Gasteiger partial charge in [0.2, 0.25) is 0 Å². The van der Waals surface area contributed by atoms with Gasteiger partial charge in [0.25, 0.3) is 5.56 Å². The van der Waals surface area contributed by atoms with Crippen LogP contribution in [0.5, 0.6) is 0 Å². The number of hydrogen-bond acceptors (Lipinski definition) is 5. The smallest absolute Gasteiger partial charge is 0.287 e. The molecule has 1 rings (SSSR count). The van der Waals surface area contributed by atoms with Crippen molar-refractivity contribution < 1.29 is 10.2 Å². The average Bonchev–Trinajstić information content (AvgIpc) is 2.34. The number of halogens is 1. The molecule has 1 atom stereocenters. The highest BCUT2D eigenvalue weighted by atomic mass is 35.5. The van der Waals surface area contributed by atoms with Gasteiger partial charge in [0, 0.05) is 0 Å². The number of nitrogens with zero attached hydrogens (tertiary/aromatic N) is 2. The minimum absolute atomic E-state index is 0.0116. The highest BCUT2D eigenvalue weighted by molar-refractivity contribution is 6.32. The lowest BCUT2D eigenvalue weighted by atomic mass is 10.1. The molecule has 1 aromatic rings. The van der Waals surface area contributed by atoms with Gasteiger partial charge in [-0.25, -0.2) is 4.68 Å². The fraction of sp³-hybridized carbons (Fsp3) is 0.636. The van der Waals surface area contributed by atoms with Crippen LogP contribution in [0.1, 0.15) is 13.8 Å². The van der Waals surface area contributed by atoms with Crippen molar-refractivity contribution in [2.24, 2.45) is 5.92 Å². The zero-order chi connectivity index (χ0) is 13.7. The molecule has 0 bridgehead atoms. The number of aliphatic hydroxyl groups excluding tert-OH is 2. The van der Waals surface area contributed by atoms with Gasteiger partial charge in [-0.3, -0.25) is 4.79 Å². The lowest BCUT2D eigenvalue weighted by Crippen LogP contribution is -2.32. The fourth-order valence-corrected chi connectivity index (χ4v) is 1.64. The maximum atomic E-state index is 11.8. The summed E-state index contributed by atoms with van der Waals surface area (Å²) in [5.41, 5.74) is -0.0697. The van der Waals surface area contributed by atoms with Crippen LogP contribution in [0.2, 0.25) is 5.02 Å². The molecule has 7 heteroatoms. The van der Waals surface area contributed by atoms with E-state index in [-0.39, 0.29) is 36.7 Å². The first-order valence-electron chi connectivity index (χ1n) is 5.75. The van der Waals surface area contributed by atoms with Crippen molar-refractivity contribution in [3.05, 3.63) is 21.6 Å². The van der Waals surface area contributed by atoms with Crippen LogP contribution in [-0.4, -0.2) is 39.2 Å². The van der Waals surface area contributed by atoms with Crippen LogP contribution in [0.15, 0.2) is 11.0 Å². The Hall–Kier alpha value is -1.11. The van der Waals surface area contributed by atoms with Gasteiger partial charge in [-0.15, -0.1) is 0 Å². The molecule has 3 N–H and O–H groups in total. The number of nitrogens with one attached hydrogen (secondary N) is 1. The Bertz CT molecular complexity index is 448. The van der Waals surface area contributed by atoms with Crippen molar-refractivity contribution >= 4 is 17.3 Å². The molecule has 102 valence electrons. The van der Waals surface area contributed by atoms with Crippen LogP contribution in [0.3, 0.4) is 0 Å². The summed E-state index contributed by atoms with van der Waals surface area (Å²) in [5, 5.41) is 24.9. The van der Waals surface area contributed by atoms with E-state index in [4.69, 9.17) is 16.7 Å². The Kier molecular flexibility index (Phi) is 5.58. The van der Waals surface area contributed by atoms with Crippen LogP contribution >= 0.6 is 11.6 Å². The molecule has 0 aliphatic heterocycles. The molecule has 0 amide bonds. The third-order valence-electron chi connectivity index (χ3n) is 2.64. The van der Waals surface area contributed by atoms with E-state index >= 15 is 0 Å². The topological polar surface area (TPSA) is 87.4 Å². The molecule has 0 fully saturated rings. The van der Waals surface area contributed by atoms with Gasteiger partial charge in [-0.05, 0) is 5.92 Å². The SMILES string of the molecule is CC(C)C(CO)Nc1cnn(CCO)c(=O)c1Cl. The summed E-state index contributed by atoms with van der Waals surface area (Å²) in [4.78, 5) is 11.8. The van der Waals surface area contributed by atoms with Gasteiger partial charge in [0.1, 0.15) is 5.02 Å². The van der Waals surface area contributed by atoms with E-state index in [0.717, 1.165) is 4.68 Å². The van der Waals surface area contributed by atoms with E-state index < -0.39 is 5.56 Å². The van der Waals surface area contributed by atoms with Gasteiger partial charge < -0.3 is 15.5 Å². The molecule has 0 spiro atoms. The maximum absolute atomic E-state index is 11.8. The van der Waals surface area contributed by atoms with Gasteiger partial charge in [0.05, 0.1) is 37.7 Å². The lowest BCUT2D eigenvalue weighted by molar-refractivity contribution is 0.249. The lowest BCUT2D eigenvalue weighted by Gasteiger charge is -2.21. The van der Waals surface area contributed by atoms with Gasteiger partial charge >= 0.3 is 0 Å². The average molecular weight is 276 g/mol. The molecule has 6 nitrogen and oxygen atoms in total. The van der Waals surface area contributed by atoms with E-state index in [9.17, 15) is 9.90 Å². The molecule has 0 saturated carbocycles. The molecule has 18 heavy (non-hydrogen) atoms. The monoisotopic (exact) mass is 275 g/mol. The summed E-state index contributed by atoms with van der Waals surface area (Å²) < 4.78 is 1.09. The second-order valence-corrected chi connectivity index (χ2v) is 4.68. The molecule has 0 aromatic carbocycles. The van der Waals surface area contributed by atoms with Crippen molar-refractivity contribution in [2.45, 2.75) is 26.4 Å². The van der Waals surface area contributed by atoms with E-state index in [1.807, 2.05) is 13.8 Å². The van der Waals surface area contributed by atoms with Crippen molar-refractivity contribution in [1.82, 2.24) is 9.78 Å². The van der Waals surface area contributed by atoms with Crippen molar-refractivity contribution in [3.63, 3.8) is 0 Å². The number of aromatic nitrogens is 2. The van der Waals surface area contributed by atoms with Crippen LogP contribution in [-0.2, 0) is 6.54 Å². The van der Waals surface area contributed by atoms with Crippen LogP contribution in [0, 0.1) is 5.92 Å². The number of anilines is 1. The Morgan fingerprint density at radius 3 is 2.67 bits per heavy atom. The molecular weight excluding hydrogens is 258 g/mol. The molecular formula is C11H18ClN3O3. The first kappa shape index (κ1) is 14.9. The van der Waals surface area contributed by atoms with Crippen LogP contribution in [0.25, 0.3) is 0 Å². The molecule has 1 heterocycles. The Balaban J connectivity index is 2.98. The van der Waals surface area contributed by atoms with E-state index in [1.165, 1.54) is 6.20 Å². The minimum atomic E-state index is -0.462. The molecule has 1 aromatic heterocycles. The van der Waals surface area contributed by atoms with E-state index in [2.05, 4.69) is 10.4 Å². The number of hydrogen-bond donors (Lipinski definition) is 3. The molecule has 0 radical (unpaired) electrons. The predicted octanol–water partition coefficient (Wildman–Crippen LogP) is 0.318. The summed E-state index contributed by atoms with van der Waals surface area (Å²) >= 11 is 5.94. The first-order valence-corrected chi connectivity index (χ1v) is 6.13. The highest BCUT2D eigenvalue weighted by Gasteiger charge is 2.15. The number of rotatable bonds is 6. The van der Waals surface area contributed by atoms with E-state index in [0.29, 0.717) is 5.69 Å². The Morgan fingerprint density at radius 2 is 2.17 bits per heavy atom. The Labute approximate surface area is 110 Å². The summed E-state index contributed by atoms with van der Waals surface area (Å²) in [6.45, 7) is 3.76. The normalized spacial score (nSPS) is 12.8. The third-order valence-corrected chi connectivity index (χ3v) is 3.00. The van der Waals surface area contributed by atoms with Gasteiger partial charge in [0.15, 0.2) is 0 Å². The maximum Gasteiger partial charge on any atom is 0.287 e. The summed E-state index contributed by atoms with van der Waals surface area (Å²) in [6, 6.07) is -0.197. The zero-order valence-electron chi connectivity index (χ0n) is 10.4. The van der Waals surface area contributed by atoms with Crippen molar-refractivity contribution in [1.29, 1.82) is 0 Å². The van der Waals surface area contributed by atoms with Gasteiger partial charge in [-0.1, -0.05) is 25.4 Å². The number of aliphatic hydroxyl groups is 2. The summed E-state index contributed by atoms with van der Waals surface area (Å²) in [7, 11) is 0. The second-order valence-electron chi connectivity index (χ2n) is 4.30. The molecule has 0 aliphatic carbocycles. The third kappa shape index (κ3) is 3.44. The second kappa shape index (κ2) is 6.72. The minimum Gasteiger partial charge on any atom is -0.394 e. The largest absolute Gasteiger partial charge is 0.394 e. The van der Waals surface area contributed by atoms with Gasteiger partial charge in [-0.2, -0.15) is 5.10 Å². The zero-order valence-corrected chi connectivity index (χ0v) is 11.2.